The van der Waals surface area contributed by atoms with E-state index < -0.39 is 10.1 Å². The van der Waals surface area contributed by atoms with E-state index in [0.29, 0.717) is 24.5 Å². The molecule has 0 radical (unpaired) electrons. The van der Waals surface area contributed by atoms with E-state index >= 15 is 0 Å². The van der Waals surface area contributed by atoms with Gasteiger partial charge in [0.15, 0.2) is 0 Å². The summed E-state index contributed by atoms with van der Waals surface area (Å²) >= 11 is 0. The summed E-state index contributed by atoms with van der Waals surface area (Å²) in [6.07, 6.45) is 0. The van der Waals surface area contributed by atoms with Crippen LogP contribution in [0, 0.1) is 0 Å². The van der Waals surface area contributed by atoms with Crippen LogP contribution in [0.3, 0.4) is 0 Å². The van der Waals surface area contributed by atoms with Gasteiger partial charge in [-0.2, -0.15) is 0 Å². The van der Waals surface area contributed by atoms with Crippen molar-refractivity contribution in [3.05, 3.63) is 18.2 Å². The molecule has 0 amide bonds. The largest absolute Gasteiger partial charge is 1.00 e. The van der Waals surface area contributed by atoms with E-state index in [0.717, 1.165) is 0 Å². The van der Waals surface area contributed by atoms with Crippen molar-refractivity contribution < 1.29 is 48.0 Å². The van der Waals surface area contributed by atoms with Crippen molar-refractivity contribution in [2.45, 2.75) is 18.7 Å². The van der Waals surface area contributed by atoms with E-state index in [4.69, 9.17) is 0 Å². The molecule has 0 saturated carbocycles. The zero-order chi connectivity index (χ0) is 12.2. The topological polar surface area (TPSA) is 113 Å². The molecule has 4 N–H and O–H groups in total. The number of rotatable bonds is 5. The molecule has 0 spiro atoms. The molecule has 0 aliphatic heterocycles. The summed E-state index contributed by atoms with van der Waals surface area (Å²) in [6, 6.07) is 4.45. The van der Waals surface area contributed by atoms with E-state index in [2.05, 4.69) is 10.6 Å². The van der Waals surface area contributed by atoms with Crippen molar-refractivity contribution in [3.63, 3.8) is 0 Å². The molecule has 0 heterocycles. The zero-order valence-corrected chi connectivity index (χ0v) is 13.6. The minimum absolute atomic E-state index is 0. The molecule has 8 heteroatoms. The average molecular weight is 284 g/mol. The molecule has 0 fully saturated rings. The average Bonchev–Trinajstić information content (AvgIpc) is 2.17. The maximum atomic E-state index is 10.9. The molecular formula is C10H17N2NaO4S. The van der Waals surface area contributed by atoms with Crippen LogP contribution in [0.15, 0.2) is 23.1 Å². The first-order chi connectivity index (χ1) is 7.47. The molecule has 0 aliphatic rings. The normalized spacial score (nSPS) is 9.94. The second kappa shape index (κ2) is 8.73. The second-order valence-corrected chi connectivity index (χ2v) is 4.64. The minimum atomic E-state index is -4.41. The first kappa shape index (κ1) is 20.0. The van der Waals surface area contributed by atoms with Crippen molar-refractivity contribution in [2.24, 2.45) is 0 Å². The molecular weight excluding hydrogens is 267 g/mol. The van der Waals surface area contributed by atoms with Gasteiger partial charge in [-0.1, -0.05) is 0 Å². The third-order valence-corrected chi connectivity index (χ3v) is 2.77. The van der Waals surface area contributed by atoms with Crippen LogP contribution in [-0.4, -0.2) is 31.5 Å². The van der Waals surface area contributed by atoms with E-state index in [1.807, 2.05) is 13.8 Å². The summed E-state index contributed by atoms with van der Waals surface area (Å²) in [4.78, 5) is -0.220. The maximum Gasteiger partial charge on any atom is 1.00 e. The number of hydrogen-bond acceptors (Lipinski definition) is 5. The quantitative estimate of drug-likeness (QED) is 0.463. The summed E-state index contributed by atoms with van der Waals surface area (Å²) in [6.45, 7) is 5.11. The number of hydrogen-bond donors (Lipinski definition) is 2. The van der Waals surface area contributed by atoms with Crippen LogP contribution in [0.5, 0.6) is 0 Å². The fourth-order valence-electron chi connectivity index (χ4n) is 1.36. The molecule has 0 bridgehead atoms. The van der Waals surface area contributed by atoms with Gasteiger partial charge in [-0.15, -0.1) is 0 Å². The predicted octanol–water partition coefficient (Wildman–Crippen LogP) is -2.37. The summed E-state index contributed by atoms with van der Waals surface area (Å²) in [5.74, 6) is 0. The molecule has 6 nitrogen and oxygen atoms in total. The SMILES string of the molecule is CCNc1cc(NCC)cc(S(=O)(=O)[O-])c1.O.[Na+]. The van der Waals surface area contributed by atoms with Gasteiger partial charge in [0.1, 0.15) is 10.1 Å². The Morgan fingerprint density at radius 1 is 1.06 bits per heavy atom. The standard InChI is InChI=1S/C10H16N2O3S.Na.H2O/c1-3-11-8-5-9(12-4-2)7-10(6-8)16(13,14)15;;/h5-7,11-12H,3-4H2,1-2H3,(H,13,14,15);;1H2/q;+1;/p-1. The molecule has 0 atom stereocenters. The fourth-order valence-corrected chi connectivity index (χ4v) is 1.90. The molecule has 98 valence electrons. The third kappa shape index (κ3) is 6.03. The number of anilines is 2. The van der Waals surface area contributed by atoms with Gasteiger partial charge >= 0.3 is 29.6 Å². The van der Waals surface area contributed by atoms with Crippen LogP contribution in [0.2, 0.25) is 0 Å². The van der Waals surface area contributed by atoms with E-state index in [1.165, 1.54) is 12.1 Å². The Morgan fingerprint density at radius 3 is 1.72 bits per heavy atom. The van der Waals surface area contributed by atoms with Crippen LogP contribution >= 0.6 is 0 Å². The van der Waals surface area contributed by atoms with Gasteiger partial charge in [0.05, 0.1) is 4.90 Å². The van der Waals surface area contributed by atoms with Crippen LogP contribution in [0.25, 0.3) is 0 Å². The zero-order valence-electron chi connectivity index (χ0n) is 10.8. The van der Waals surface area contributed by atoms with E-state index in [-0.39, 0.29) is 39.9 Å². The monoisotopic (exact) mass is 284 g/mol. The first-order valence-electron chi connectivity index (χ1n) is 5.06. The molecule has 0 aliphatic carbocycles. The predicted molar refractivity (Wildman–Crippen MR) is 66.3 cm³/mol. The second-order valence-electron chi connectivity index (χ2n) is 3.26. The summed E-state index contributed by atoms with van der Waals surface area (Å²) in [5, 5.41) is 5.95. The van der Waals surface area contributed by atoms with Gasteiger partial charge in [-0.25, -0.2) is 8.42 Å². The molecule has 1 rings (SSSR count). The Morgan fingerprint density at radius 2 is 1.44 bits per heavy atom. The van der Waals surface area contributed by atoms with Crippen molar-refractivity contribution in [2.75, 3.05) is 23.7 Å². The van der Waals surface area contributed by atoms with Crippen molar-refractivity contribution in [3.8, 4) is 0 Å². The smallest absolute Gasteiger partial charge is 0.744 e. The van der Waals surface area contributed by atoms with Gasteiger partial charge in [0.25, 0.3) is 0 Å². The maximum absolute atomic E-state index is 10.9. The summed E-state index contributed by atoms with van der Waals surface area (Å²) in [5.41, 5.74) is 1.24. The van der Waals surface area contributed by atoms with Crippen LogP contribution < -0.4 is 40.2 Å². The Bertz CT molecular complexity index is 441. The van der Waals surface area contributed by atoms with Crippen LogP contribution in [0.4, 0.5) is 11.4 Å². The molecule has 0 saturated heterocycles. The molecule has 18 heavy (non-hydrogen) atoms. The molecule has 1 aromatic carbocycles. The van der Waals surface area contributed by atoms with Crippen molar-refractivity contribution >= 4 is 21.5 Å². The third-order valence-electron chi connectivity index (χ3n) is 1.96. The molecule has 0 aromatic heterocycles. The Balaban J connectivity index is 0. The van der Waals surface area contributed by atoms with Gasteiger partial charge < -0.3 is 20.7 Å². The number of nitrogens with one attached hydrogen (secondary N) is 2. The van der Waals surface area contributed by atoms with Crippen LogP contribution in [0.1, 0.15) is 13.8 Å². The molecule has 1 aromatic rings. The Kier molecular flexibility index (Phi) is 9.71. The molecule has 0 unspecified atom stereocenters. The van der Waals surface area contributed by atoms with Gasteiger partial charge in [0.2, 0.25) is 0 Å². The van der Waals surface area contributed by atoms with Gasteiger partial charge in [0, 0.05) is 24.5 Å². The van der Waals surface area contributed by atoms with Gasteiger partial charge in [-0.3, -0.25) is 0 Å². The Hall–Kier alpha value is -0.310. The minimum Gasteiger partial charge on any atom is -0.744 e. The Labute approximate surface area is 130 Å². The van der Waals surface area contributed by atoms with Crippen molar-refractivity contribution in [1.82, 2.24) is 0 Å². The summed E-state index contributed by atoms with van der Waals surface area (Å²) < 4.78 is 32.8. The number of benzene rings is 1. The van der Waals surface area contributed by atoms with E-state index in [9.17, 15) is 13.0 Å². The van der Waals surface area contributed by atoms with E-state index in [1.54, 1.807) is 6.07 Å². The van der Waals surface area contributed by atoms with Crippen molar-refractivity contribution in [1.29, 1.82) is 0 Å². The first-order valence-corrected chi connectivity index (χ1v) is 6.47. The fraction of sp³-hybridized carbons (Fsp3) is 0.400. The summed E-state index contributed by atoms with van der Waals surface area (Å²) in [7, 11) is -4.41. The van der Waals surface area contributed by atoms with Crippen LogP contribution in [-0.2, 0) is 10.1 Å². The van der Waals surface area contributed by atoms with Gasteiger partial charge in [-0.05, 0) is 32.0 Å².